The number of amides is 1. The van der Waals surface area contributed by atoms with E-state index >= 15 is 0 Å². The molecule has 1 aromatic rings. The summed E-state index contributed by atoms with van der Waals surface area (Å²) in [6.45, 7) is 8.36. The first-order chi connectivity index (χ1) is 9.86. The molecule has 116 valence electrons. The number of hydrogen-bond acceptors (Lipinski definition) is 3. The van der Waals surface area contributed by atoms with Crippen LogP contribution in [0.15, 0.2) is 18.2 Å². The molecule has 0 radical (unpaired) electrons. The van der Waals surface area contributed by atoms with E-state index in [1.54, 1.807) is 18.2 Å². The standard InChI is InChI=1S/C16H24ClN3O/c1-10-6-11(2)9-20(8-10)12(3)16(21)19-15-5-4-13(18)7-14(15)17/h4-5,7,10-12H,6,8-9,18H2,1-3H3,(H,19,21). The van der Waals surface area contributed by atoms with Crippen LogP contribution in [0.25, 0.3) is 0 Å². The number of benzene rings is 1. The zero-order chi connectivity index (χ0) is 15.6. The van der Waals surface area contributed by atoms with Gasteiger partial charge in [-0.15, -0.1) is 0 Å². The zero-order valence-electron chi connectivity index (χ0n) is 12.9. The average Bonchev–Trinajstić information content (AvgIpc) is 2.40. The molecule has 21 heavy (non-hydrogen) atoms. The third-order valence-corrected chi connectivity index (χ3v) is 4.39. The highest BCUT2D eigenvalue weighted by Gasteiger charge is 2.28. The Morgan fingerprint density at radius 2 is 2.00 bits per heavy atom. The molecule has 1 aromatic carbocycles. The number of halogens is 1. The highest BCUT2D eigenvalue weighted by atomic mass is 35.5. The van der Waals surface area contributed by atoms with Gasteiger partial charge in [-0.3, -0.25) is 9.69 Å². The van der Waals surface area contributed by atoms with Crippen LogP contribution in [-0.2, 0) is 4.79 Å². The van der Waals surface area contributed by atoms with E-state index in [2.05, 4.69) is 24.1 Å². The smallest absolute Gasteiger partial charge is 0.241 e. The maximum Gasteiger partial charge on any atom is 0.241 e. The number of rotatable bonds is 3. The number of nitrogens with zero attached hydrogens (tertiary/aromatic N) is 1. The van der Waals surface area contributed by atoms with Crippen LogP contribution in [0.3, 0.4) is 0 Å². The molecule has 0 aliphatic carbocycles. The van der Waals surface area contributed by atoms with Crippen molar-refractivity contribution in [3.8, 4) is 0 Å². The molecule has 0 saturated carbocycles. The largest absolute Gasteiger partial charge is 0.399 e. The third-order valence-electron chi connectivity index (χ3n) is 4.08. The van der Waals surface area contributed by atoms with Crippen molar-refractivity contribution in [2.45, 2.75) is 33.2 Å². The SMILES string of the molecule is CC1CC(C)CN(C(C)C(=O)Nc2ccc(N)cc2Cl)C1. The Balaban J connectivity index is 2.02. The van der Waals surface area contributed by atoms with Crippen molar-refractivity contribution in [1.82, 2.24) is 4.90 Å². The molecule has 1 saturated heterocycles. The van der Waals surface area contributed by atoms with Crippen LogP contribution in [0.2, 0.25) is 5.02 Å². The van der Waals surface area contributed by atoms with Gasteiger partial charge in [0.05, 0.1) is 16.8 Å². The number of carbonyl (C=O) groups excluding carboxylic acids is 1. The highest BCUT2D eigenvalue weighted by Crippen LogP contribution is 2.26. The van der Waals surface area contributed by atoms with Gasteiger partial charge in [0.15, 0.2) is 0 Å². The number of nitrogens with one attached hydrogen (secondary N) is 1. The fourth-order valence-corrected chi connectivity index (χ4v) is 3.30. The van der Waals surface area contributed by atoms with Gasteiger partial charge in [0.2, 0.25) is 5.91 Å². The first-order valence-electron chi connectivity index (χ1n) is 7.46. The molecule has 5 heteroatoms. The van der Waals surface area contributed by atoms with Gasteiger partial charge >= 0.3 is 0 Å². The van der Waals surface area contributed by atoms with Crippen LogP contribution in [0.4, 0.5) is 11.4 Å². The minimum Gasteiger partial charge on any atom is -0.399 e. The number of anilines is 2. The van der Waals surface area contributed by atoms with Crippen LogP contribution in [0.1, 0.15) is 27.2 Å². The number of carbonyl (C=O) groups is 1. The van der Waals surface area contributed by atoms with Crippen molar-refractivity contribution in [2.75, 3.05) is 24.1 Å². The van der Waals surface area contributed by atoms with E-state index in [1.165, 1.54) is 6.42 Å². The van der Waals surface area contributed by atoms with Gasteiger partial charge in [0.25, 0.3) is 0 Å². The Bertz CT molecular complexity index is 510. The van der Waals surface area contributed by atoms with E-state index in [4.69, 9.17) is 17.3 Å². The Hall–Kier alpha value is -1.26. The second-order valence-corrected chi connectivity index (χ2v) is 6.71. The van der Waals surface area contributed by atoms with Gasteiger partial charge < -0.3 is 11.1 Å². The summed E-state index contributed by atoms with van der Waals surface area (Å²) in [5.41, 5.74) is 6.86. The van der Waals surface area contributed by atoms with E-state index in [0.29, 0.717) is 28.2 Å². The Morgan fingerprint density at radius 3 is 2.57 bits per heavy atom. The highest BCUT2D eigenvalue weighted by molar-refractivity contribution is 6.34. The van der Waals surface area contributed by atoms with Crippen LogP contribution in [0, 0.1) is 11.8 Å². The summed E-state index contributed by atoms with van der Waals surface area (Å²) in [5.74, 6) is 1.23. The molecule has 3 N–H and O–H groups in total. The number of piperidine rings is 1. The summed E-state index contributed by atoms with van der Waals surface area (Å²) in [7, 11) is 0. The minimum atomic E-state index is -0.163. The zero-order valence-corrected chi connectivity index (χ0v) is 13.7. The maximum absolute atomic E-state index is 12.4. The van der Waals surface area contributed by atoms with E-state index in [9.17, 15) is 4.79 Å². The first kappa shape index (κ1) is 16.1. The molecule has 3 unspecified atom stereocenters. The molecule has 1 aliphatic heterocycles. The molecular weight excluding hydrogens is 286 g/mol. The van der Waals surface area contributed by atoms with Gasteiger partial charge in [-0.25, -0.2) is 0 Å². The topological polar surface area (TPSA) is 58.4 Å². The normalized spacial score (nSPS) is 24.6. The molecule has 4 nitrogen and oxygen atoms in total. The number of nitrogens with two attached hydrogens (primary N) is 1. The summed E-state index contributed by atoms with van der Waals surface area (Å²) in [4.78, 5) is 14.7. The van der Waals surface area contributed by atoms with Crippen molar-refractivity contribution in [3.05, 3.63) is 23.2 Å². The number of nitrogen functional groups attached to an aromatic ring is 1. The number of hydrogen-bond donors (Lipinski definition) is 2. The molecule has 1 heterocycles. The van der Waals surface area contributed by atoms with Gasteiger partial charge in [-0.2, -0.15) is 0 Å². The van der Waals surface area contributed by atoms with E-state index in [-0.39, 0.29) is 11.9 Å². The summed E-state index contributed by atoms with van der Waals surface area (Å²) in [6.07, 6.45) is 1.23. The molecule has 3 atom stereocenters. The molecule has 1 fully saturated rings. The molecule has 0 aromatic heterocycles. The molecule has 1 amide bonds. The molecule has 2 rings (SSSR count). The van der Waals surface area contributed by atoms with Crippen molar-refractivity contribution < 1.29 is 4.79 Å². The van der Waals surface area contributed by atoms with Crippen LogP contribution < -0.4 is 11.1 Å². The van der Waals surface area contributed by atoms with Crippen LogP contribution in [-0.4, -0.2) is 29.9 Å². The summed E-state index contributed by atoms with van der Waals surface area (Å²) in [5, 5.41) is 3.36. The van der Waals surface area contributed by atoms with Crippen molar-refractivity contribution in [1.29, 1.82) is 0 Å². The first-order valence-corrected chi connectivity index (χ1v) is 7.84. The Kier molecular flexibility index (Phi) is 5.12. The van der Waals surface area contributed by atoms with Gasteiger partial charge in [0, 0.05) is 18.8 Å². The minimum absolute atomic E-state index is 0.0250. The summed E-state index contributed by atoms with van der Waals surface area (Å²) in [6, 6.07) is 4.96. The maximum atomic E-state index is 12.4. The lowest BCUT2D eigenvalue weighted by molar-refractivity contribution is -0.121. The quantitative estimate of drug-likeness (QED) is 0.843. The summed E-state index contributed by atoms with van der Waals surface area (Å²) >= 11 is 6.10. The van der Waals surface area contributed by atoms with Crippen LogP contribution in [0.5, 0.6) is 0 Å². The second kappa shape index (κ2) is 6.67. The predicted molar refractivity (Wildman–Crippen MR) is 88.5 cm³/mol. The lowest BCUT2D eigenvalue weighted by Gasteiger charge is -2.38. The lowest BCUT2D eigenvalue weighted by atomic mass is 9.91. The van der Waals surface area contributed by atoms with E-state index in [0.717, 1.165) is 13.1 Å². The lowest BCUT2D eigenvalue weighted by Crippen LogP contribution is -2.48. The molecule has 0 spiro atoms. The van der Waals surface area contributed by atoms with Crippen LogP contribution >= 0.6 is 11.6 Å². The number of likely N-dealkylation sites (tertiary alicyclic amines) is 1. The Morgan fingerprint density at radius 1 is 1.38 bits per heavy atom. The van der Waals surface area contributed by atoms with Crippen molar-refractivity contribution in [3.63, 3.8) is 0 Å². The van der Waals surface area contributed by atoms with Crippen molar-refractivity contribution in [2.24, 2.45) is 11.8 Å². The average molecular weight is 310 g/mol. The van der Waals surface area contributed by atoms with Gasteiger partial charge in [0.1, 0.15) is 0 Å². The van der Waals surface area contributed by atoms with Gasteiger partial charge in [-0.1, -0.05) is 25.4 Å². The van der Waals surface area contributed by atoms with E-state index < -0.39 is 0 Å². The van der Waals surface area contributed by atoms with E-state index in [1.807, 2.05) is 6.92 Å². The molecule has 1 aliphatic rings. The fourth-order valence-electron chi connectivity index (χ4n) is 3.06. The second-order valence-electron chi connectivity index (χ2n) is 6.30. The fraction of sp³-hybridized carbons (Fsp3) is 0.562. The summed E-state index contributed by atoms with van der Waals surface area (Å²) < 4.78 is 0. The predicted octanol–water partition coefficient (Wildman–Crippen LogP) is 3.23. The van der Waals surface area contributed by atoms with Gasteiger partial charge in [-0.05, 0) is 43.4 Å². The molecule has 0 bridgehead atoms. The van der Waals surface area contributed by atoms with Crippen molar-refractivity contribution >= 4 is 28.9 Å². The molecular formula is C16H24ClN3O. The Labute approximate surface area is 131 Å². The monoisotopic (exact) mass is 309 g/mol. The third kappa shape index (κ3) is 4.11.